The van der Waals surface area contributed by atoms with Crippen LogP contribution in [0.3, 0.4) is 0 Å². The van der Waals surface area contributed by atoms with Gasteiger partial charge >= 0.3 is 0 Å². The van der Waals surface area contributed by atoms with Gasteiger partial charge in [-0.05, 0) is 32.1 Å². The summed E-state index contributed by atoms with van der Waals surface area (Å²) in [6, 6.07) is 0. The van der Waals surface area contributed by atoms with Gasteiger partial charge in [-0.2, -0.15) is 0 Å². The van der Waals surface area contributed by atoms with E-state index in [0.717, 1.165) is 0 Å². The topological polar surface area (TPSA) is 0 Å². The normalized spacial score (nSPS) is 31.9. The van der Waals surface area contributed by atoms with Crippen LogP contribution >= 0.6 is 27.5 Å². The molecule has 0 saturated heterocycles. The third-order valence-electron chi connectivity index (χ3n) is 2.77. The Morgan fingerprint density at radius 1 is 0.929 bits per heavy atom. The van der Waals surface area contributed by atoms with Gasteiger partial charge in [0.2, 0.25) is 0 Å². The minimum Gasteiger partial charge on any atom is -0.122 e. The van der Waals surface area contributed by atoms with E-state index in [1.807, 2.05) is 0 Å². The molecule has 82 valence electrons. The molecule has 0 N–H and O–H groups in total. The highest BCUT2D eigenvalue weighted by Crippen LogP contribution is 2.23. The number of hydrogen-bond acceptors (Lipinski definition) is 0. The summed E-state index contributed by atoms with van der Waals surface area (Å²) in [5.74, 6) is 0. The zero-order valence-electron chi connectivity index (χ0n) is 8.72. The van der Waals surface area contributed by atoms with Crippen molar-refractivity contribution < 1.29 is 0 Å². The van der Waals surface area contributed by atoms with Crippen molar-refractivity contribution in [1.82, 2.24) is 0 Å². The summed E-state index contributed by atoms with van der Waals surface area (Å²) in [7, 11) is 0. The van der Waals surface area contributed by atoms with Crippen LogP contribution in [0.2, 0.25) is 0 Å². The van der Waals surface area contributed by atoms with Gasteiger partial charge in [0.25, 0.3) is 0 Å². The molecule has 0 nitrogen and oxygen atoms in total. The van der Waals surface area contributed by atoms with Crippen LogP contribution in [0.1, 0.15) is 51.4 Å². The van der Waals surface area contributed by atoms with E-state index in [-0.39, 0.29) is 0 Å². The van der Waals surface area contributed by atoms with Crippen molar-refractivity contribution in [2.45, 2.75) is 61.6 Å². The Bertz CT molecular complexity index is 168. The smallest absolute Gasteiger partial charge is 0.0461 e. The molecule has 1 rings (SSSR count). The second-order valence-electron chi connectivity index (χ2n) is 4.07. The largest absolute Gasteiger partial charge is 0.122 e. The molecule has 0 saturated carbocycles. The zero-order chi connectivity index (χ0) is 10.2. The summed E-state index contributed by atoms with van der Waals surface area (Å²) in [4.78, 5) is 0.494. The van der Waals surface area contributed by atoms with Gasteiger partial charge in [0.15, 0.2) is 0 Å². The third-order valence-corrected chi connectivity index (χ3v) is 4.69. The molecule has 0 fully saturated rings. The molecule has 0 bridgehead atoms. The van der Waals surface area contributed by atoms with Gasteiger partial charge in [0.1, 0.15) is 0 Å². The molecule has 2 heteroatoms. The van der Waals surface area contributed by atoms with Gasteiger partial charge < -0.3 is 0 Å². The van der Waals surface area contributed by atoms with Crippen molar-refractivity contribution in [3.05, 3.63) is 12.2 Å². The lowest BCUT2D eigenvalue weighted by molar-refractivity contribution is 0.581. The van der Waals surface area contributed by atoms with Crippen molar-refractivity contribution in [1.29, 1.82) is 0 Å². The Balaban J connectivity index is 2.33. The number of rotatable bonds is 0. The minimum absolute atomic E-state index is 0.322. The first-order valence-electron chi connectivity index (χ1n) is 5.74. The van der Waals surface area contributed by atoms with Gasteiger partial charge in [-0.15, -0.1) is 11.6 Å². The van der Waals surface area contributed by atoms with Crippen molar-refractivity contribution in [3.8, 4) is 0 Å². The fraction of sp³-hybridized carbons (Fsp3) is 0.833. The Kier molecular flexibility index (Phi) is 6.97. The molecular weight excluding hydrogens is 259 g/mol. The standard InChI is InChI=1S/C12H20BrCl/c13-11-9-7-5-3-1-2-4-6-8-10-12(11)14/h3,5,11-12H,1-2,4,6-10H2. The molecular formula is C12H20BrCl. The van der Waals surface area contributed by atoms with E-state index in [4.69, 9.17) is 11.6 Å². The van der Waals surface area contributed by atoms with Crippen LogP contribution in [-0.2, 0) is 0 Å². The summed E-state index contributed by atoms with van der Waals surface area (Å²) >= 11 is 9.97. The highest BCUT2D eigenvalue weighted by molar-refractivity contribution is 9.09. The quantitative estimate of drug-likeness (QED) is 0.430. The van der Waals surface area contributed by atoms with E-state index in [9.17, 15) is 0 Å². The number of halogens is 2. The highest BCUT2D eigenvalue weighted by atomic mass is 79.9. The number of hydrogen-bond donors (Lipinski definition) is 0. The maximum absolute atomic E-state index is 6.29. The van der Waals surface area contributed by atoms with Crippen molar-refractivity contribution in [2.75, 3.05) is 0 Å². The first-order chi connectivity index (χ1) is 6.80. The molecule has 0 radical (unpaired) electrons. The fourth-order valence-electron chi connectivity index (χ4n) is 1.81. The Labute approximate surface area is 101 Å². The van der Waals surface area contributed by atoms with Crippen LogP contribution in [0.5, 0.6) is 0 Å². The molecule has 0 spiro atoms. The van der Waals surface area contributed by atoms with Crippen molar-refractivity contribution in [2.24, 2.45) is 0 Å². The maximum atomic E-state index is 6.29. The van der Waals surface area contributed by atoms with E-state index >= 15 is 0 Å². The summed E-state index contributed by atoms with van der Waals surface area (Å²) in [6.07, 6.45) is 14.7. The Hall–Kier alpha value is 0.510. The second-order valence-corrected chi connectivity index (χ2v) is 5.81. The molecule has 2 atom stereocenters. The summed E-state index contributed by atoms with van der Waals surface area (Å²) in [5, 5.41) is 0.322. The van der Waals surface area contributed by atoms with Gasteiger partial charge in [-0.25, -0.2) is 0 Å². The van der Waals surface area contributed by atoms with Gasteiger partial charge in [-0.1, -0.05) is 47.3 Å². The van der Waals surface area contributed by atoms with Crippen LogP contribution in [-0.4, -0.2) is 10.2 Å². The van der Waals surface area contributed by atoms with Gasteiger partial charge in [0.05, 0.1) is 0 Å². The number of allylic oxidation sites excluding steroid dienone is 2. The average molecular weight is 280 g/mol. The zero-order valence-corrected chi connectivity index (χ0v) is 11.1. The minimum atomic E-state index is 0.322. The van der Waals surface area contributed by atoms with E-state index in [0.29, 0.717) is 10.2 Å². The molecule has 1 aliphatic carbocycles. The van der Waals surface area contributed by atoms with Crippen LogP contribution in [0, 0.1) is 0 Å². The Morgan fingerprint density at radius 2 is 1.64 bits per heavy atom. The molecule has 0 aromatic rings. The lowest BCUT2D eigenvalue weighted by atomic mass is 10.0. The molecule has 0 heterocycles. The van der Waals surface area contributed by atoms with E-state index in [1.54, 1.807) is 0 Å². The number of alkyl halides is 2. The van der Waals surface area contributed by atoms with Crippen molar-refractivity contribution in [3.63, 3.8) is 0 Å². The molecule has 0 aromatic heterocycles. The van der Waals surface area contributed by atoms with Crippen LogP contribution in [0.4, 0.5) is 0 Å². The lowest BCUT2D eigenvalue weighted by Crippen LogP contribution is -2.14. The SMILES string of the molecule is ClC1CCCCCCC=CCCC1Br. The van der Waals surface area contributed by atoms with Crippen LogP contribution < -0.4 is 0 Å². The summed E-state index contributed by atoms with van der Waals surface area (Å²) in [6.45, 7) is 0. The molecule has 0 aromatic carbocycles. The summed E-state index contributed by atoms with van der Waals surface area (Å²) < 4.78 is 0. The predicted octanol–water partition coefficient (Wildman–Crippen LogP) is 5.05. The molecule has 0 aliphatic heterocycles. The molecule has 2 unspecified atom stereocenters. The first-order valence-corrected chi connectivity index (χ1v) is 7.09. The second kappa shape index (κ2) is 7.76. The monoisotopic (exact) mass is 278 g/mol. The van der Waals surface area contributed by atoms with Crippen LogP contribution in [0.25, 0.3) is 0 Å². The Morgan fingerprint density at radius 3 is 2.50 bits per heavy atom. The summed E-state index contributed by atoms with van der Waals surface area (Å²) in [5.41, 5.74) is 0. The highest BCUT2D eigenvalue weighted by Gasteiger charge is 2.14. The third kappa shape index (κ3) is 5.41. The van der Waals surface area contributed by atoms with E-state index < -0.39 is 0 Å². The fourth-order valence-corrected chi connectivity index (χ4v) is 2.62. The predicted molar refractivity (Wildman–Crippen MR) is 68.4 cm³/mol. The van der Waals surface area contributed by atoms with E-state index in [1.165, 1.54) is 51.4 Å². The van der Waals surface area contributed by atoms with Gasteiger partial charge in [-0.3, -0.25) is 0 Å². The average Bonchev–Trinajstić information content (AvgIpc) is 2.18. The van der Waals surface area contributed by atoms with Crippen molar-refractivity contribution >= 4 is 27.5 Å². The molecule has 0 amide bonds. The molecule has 1 aliphatic rings. The molecule has 14 heavy (non-hydrogen) atoms. The van der Waals surface area contributed by atoms with E-state index in [2.05, 4.69) is 28.1 Å². The maximum Gasteiger partial charge on any atom is 0.0461 e. The van der Waals surface area contributed by atoms with Crippen LogP contribution in [0.15, 0.2) is 12.2 Å². The first kappa shape index (κ1) is 12.6. The lowest BCUT2D eigenvalue weighted by Gasteiger charge is -2.15. The van der Waals surface area contributed by atoms with Gasteiger partial charge in [0, 0.05) is 10.2 Å².